The number of nitriles is 1. The Morgan fingerprint density at radius 3 is 2.40 bits per heavy atom. The number of hydrogen-bond donors (Lipinski definition) is 1. The van der Waals surface area contributed by atoms with Gasteiger partial charge >= 0.3 is 0 Å². The molecule has 2 N–H and O–H groups in total. The predicted octanol–water partition coefficient (Wildman–Crippen LogP) is 3.13. The van der Waals surface area contributed by atoms with Crippen LogP contribution in [0.5, 0.6) is 0 Å². The molecule has 2 atom stereocenters. The van der Waals surface area contributed by atoms with Gasteiger partial charge in [-0.3, -0.25) is 14.5 Å². The molecule has 3 rings (SSSR count). The number of rotatable bonds is 3. The molecule has 1 saturated carbocycles. The molecular formula is C20H23N3O2. The Labute approximate surface area is 148 Å². The first-order chi connectivity index (χ1) is 12.1. The summed E-state index contributed by atoms with van der Waals surface area (Å²) < 4.78 is 0. The zero-order chi connectivity index (χ0) is 18.0. The first-order valence-corrected chi connectivity index (χ1v) is 8.85. The van der Waals surface area contributed by atoms with Crippen LogP contribution in [-0.2, 0) is 9.59 Å². The molecule has 1 aliphatic carbocycles. The van der Waals surface area contributed by atoms with Gasteiger partial charge in [0.1, 0.15) is 17.5 Å². The maximum atomic E-state index is 13.2. The van der Waals surface area contributed by atoms with Crippen LogP contribution in [0.4, 0.5) is 5.69 Å². The van der Waals surface area contributed by atoms with E-state index in [1.54, 1.807) is 24.3 Å². The highest BCUT2D eigenvalue weighted by Gasteiger charge is 2.47. The summed E-state index contributed by atoms with van der Waals surface area (Å²) in [5.74, 6) is -1.39. The molecule has 0 aromatic heterocycles. The van der Waals surface area contributed by atoms with E-state index in [2.05, 4.69) is 6.07 Å². The van der Waals surface area contributed by atoms with Crippen LogP contribution in [0.2, 0.25) is 0 Å². The maximum Gasteiger partial charge on any atom is 0.243 e. The quantitative estimate of drug-likeness (QED) is 0.858. The van der Waals surface area contributed by atoms with Crippen molar-refractivity contribution in [2.24, 2.45) is 23.5 Å². The molecule has 5 nitrogen and oxygen atoms in total. The van der Waals surface area contributed by atoms with Crippen molar-refractivity contribution in [3.05, 3.63) is 41.7 Å². The summed E-state index contributed by atoms with van der Waals surface area (Å²) in [6.45, 7) is 1.44. The van der Waals surface area contributed by atoms with Gasteiger partial charge in [0.05, 0.1) is 17.3 Å². The number of allylic oxidation sites excluding steroid dienone is 1. The summed E-state index contributed by atoms with van der Waals surface area (Å²) >= 11 is 0. The second kappa shape index (κ2) is 7.10. The van der Waals surface area contributed by atoms with Crippen LogP contribution in [0.3, 0.4) is 0 Å². The van der Waals surface area contributed by atoms with Gasteiger partial charge in [-0.05, 0) is 37.8 Å². The summed E-state index contributed by atoms with van der Waals surface area (Å²) in [6, 6.07) is 11.2. The minimum absolute atomic E-state index is 0.165. The number of ketones is 1. The summed E-state index contributed by atoms with van der Waals surface area (Å²) in [5.41, 5.74) is 7.24. The summed E-state index contributed by atoms with van der Waals surface area (Å²) in [6.07, 6.45) is 5.18. The Kier molecular flexibility index (Phi) is 4.89. The van der Waals surface area contributed by atoms with Crippen molar-refractivity contribution >= 4 is 17.4 Å². The lowest BCUT2D eigenvalue weighted by molar-refractivity contribution is -0.134. The first kappa shape index (κ1) is 17.2. The smallest absolute Gasteiger partial charge is 0.243 e. The van der Waals surface area contributed by atoms with Crippen LogP contribution in [0.15, 0.2) is 41.7 Å². The van der Waals surface area contributed by atoms with Gasteiger partial charge in [-0.25, -0.2) is 0 Å². The van der Waals surface area contributed by atoms with Crippen molar-refractivity contribution in [1.29, 1.82) is 5.26 Å². The lowest BCUT2D eigenvalue weighted by atomic mass is 9.68. The SMILES string of the molecule is CC(=O)C1C(=O)N(c2ccccc2)C(N)=C(C#N)C1C1CCCCC1. The van der Waals surface area contributed by atoms with E-state index in [1.807, 2.05) is 6.07 Å². The molecule has 2 aliphatic rings. The van der Waals surface area contributed by atoms with Crippen LogP contribution in [0.1, 0.15) is 39.0 Å². The number of para-hydroxylation sites is 1. The molecule has 1 amide bonds. The van der Waals surface area contributed by atoms with Crippen LogP contribution in [-0.4, -0.2) is 11.7 Å². The van der Waals surface area contributed by atoms with Crippen molar-refractivity contribution in [1.82, 2.24) is 0 Å². The molecule has 2 unspecified atom stereocenters. The molecule has 1 fully saturated rings. The molecule has 0 radical (unpaired) electrons. The third-order valence-electron chi connectivity index (χ3n) is 5.43. The Morgan fingerprint density at radius 2 is 1.84 bits per heavy atom. The maximum absolute atomic E-state index is 13.2. The van der Waals surface area contributed by atoms with Gasteiger partial charge in [-0.15, -0.1) is 0 Å². The van der Waals surface area contributed by atoms with Crippen molar-refractivity contribution < 1.29 is 9.59 Å². The monoisotopic (exact) mass is 337 g/mol. The van der Waals surface area contributed by atoms with Crippen LogP contribution in [0, 0.1) is 29.1 Å². The van der Waals surface area contributed by atoms with Gasteiger partial charge in [0.2, 0.25) is 5.91 Å². The average molecular weight is 337 g/mol. The van der Waals surface area contributed by atoms with Crippen molar-refractivity contribution in [2.75, 3.05) is 4.90 Å². The van der Waals surface area contributed by atoms with Gasteiger partial charge in [-0.1, -0.05) is 37.5 Å². The molecule has 5 heteroatoms. The summed E-state index contributed by atoms with van der Waals surface area (Å²) in [4.78, 5) is 26.9. The zero-order valence-corrected chi connectivity index (χ0v) is 14.4. The number of carbonyl (C=O) groups excluding carboxylic acids is 2. The van der Waals surface area contributed by atoms with E-state index in [4.69, 9.17) is 5.73 Å². The molecule has 1 aliphatic heterocycles. The van der Waals surface area contributed by atoms with E-state index >= 15 is 0 Å². The summed E-state index contributed by atoms with van der Waals surface area (Å²) in [7, 11) is 0. The van der Waals surface area contributed by atoms with E-state index in [1.165, 1.54) is 18.2 Å². The fourth-order valence-corrected chi connectivity index (χ4v) is 4.27. The van der Waals surface area contributed by atoms with Crippen molar-refractivity contribution in [3.8, 4) is 6.07 Å². The second-order valence-electron chi connectivity index (χ2n) is 6.93. The minimum Gasteiger partial charge on any atom is -0.384 e. The fourth-order valence-electron chi connectivity index (χ4n) is 4.27. The normalized spacial score (nSPS) is 25.0. The zero-order valence-electron chi connectivity index (χ0n) is 14.4. The fraction of sp³-hybridized carbons (Fsp3) is 0.450. The Morgan fingerprint density at radius 1 is 1.20 bits per heavy atom. The number of anilines is 1. The third kappa shape index (κ3) is 3.05. The molecule has 1 aromatic carbocycles. The second-order valence-corrected chi connectivity index (χ2v) is 6.93. The highest BCUT2D eigenvalue weighted by atomic mass is 16.2. The van der Waals surface area contributed by atoms with E-state index in [9.17, 15) is 14.9 Å². The Balaban J connectivity index is 2.12. The van der Waals surface area contributed by atoms with Crippen molar-refractivity contribution in [3.63, 3.8) is 0 Å². The van der Waals surface area contributed by atoms with Crippen molar-refractivity contribution in [2.45, 2.75) is 39.0 Å². The standard InChI is InChI=1S/C20H23N3O2/c1-13(24)17-18(14-8-4-2-5-9-14)16(12-21)19(22)23(20(17)25)15-10-6-3-7-11-15/h3,6-7,10-11,14,17-18H,2,4-5,8-9,22H2,1H3. The largest absolute Gasteiger partial charge is 0.384 e. The van der Waals surface area contributed by atoms with Gasteiger partial charge in [0, 0.05) is 5.92 Å². The van der Waals surface area contributed by atoms with E-state index < -0.39 is 11.8 Å². The number of carbonyl (C=O) groups is 2. The molecule has 0 spiro atoms. The highest BCUT2D eigenvalue weighted by molar-refractivity contribution is 6.11. The Bertz CT molecular complexity index is 742. The number of hydrogen-bond acceptors (Lipinski definition) is 4. The van der Waals surface area contributed by atoms with E-state index in [-0.39, 0.29) is 23.4 Å². The highest BCUT2D eigenvalue weighted by Crippen LogP contribution is 2.43. The predicted molar refractivity (Wildman–Crippen MR) is 95.0 cm³/mol. The molecule has 1 aromatic rings. The molecule has 25 heavy (non-hydrogen) atoms. The molecular weight excluding hydrogens is 314 g/mol. The van der Waals surface area contributed by atoms with Gasteiger partial charge in [0.15, 0.2) is 0 Å². The van der Waals surface area contributed by atoms with E-state index in [0.29, 0.717) is 11.3 Å². The number of nitrogens with zero attached hydrogens (tertiary/aromatic N) is 2. The number of nitrogens with two attached hydrogens (primary N) is 1. The molecule has 1 heterocycles. The number of benzene rings is 1. The average Bonchev–Trinajstić information content (AvgIpc) is 2.62. The lowest BCUT2D eigenvalue weighted by Gasteiger charge is -2.41. The molecule has 0 bridgehead atoms. The number of amides is 1. The molecule has 130 valence electrons. The minimum atomic E-state index is -0.828. The van der Waals surface area contributed by atoms with Gasteiger partial charge in [-0.2, -0.15) is 5.26 Å². The van der Waals surface area contributed by atoms with Gasteiger partial charge in [0.25, 0.3) is 0 Å². The van der Waals surface area contributed by atoms with Crippen LogP contribution < -0.4 is 10.6 Å². The third-order valence-corrected chi connectivity index (χ3v) is 5.43. The van der Waals surface area contributed by atoms with Gasteiger partial charge < -0.3 is 5.73 Å². The topological polar surface area (TPSA) is 87.2 Å². The molecule has 0 saturated heterocycles. The lowest BCUT2D eigenvalue weighted by Crippen LogP contribution is -2.51. The van der Waals surface area contributed by atoms with Crippen LogP contribution >= 0.6 is 0 Å². The van der Waals surface area contributed by atoms with E-state index in [0.717, 1.165) is 25.7 Å². The summed E-state index contributed by atoms with van der Waals surface area (Å²) in [5, 5.41) is 9.78. The van der Waals surface area contributed by atoms with Crippen LogP contribution in [0.25, 0.3) is 0 Å². The number of Topliss-reactive ketones (excluding diaryl/α,β-unsaturated/α-hetero) is 1. The first-order valence-electron chi connectivity index (χ1n) is 8.85. The Hall–Kier alpha value is -2.61.